The normalized spacial score (nSPS) is 19.9. The minimum Gasteiger partial charge on any atom is -0.497 e. The lowest BCUT2D eigenvalue weighted by Gasteiger charge is -2.31. The van der Waals surface area contributed by atoms with Crippen molar-refractivity contribution in [1.82, 2.24) is 5.16 Å². The number of Topliss-reactive ketones (excluding diaryl/α,β-unsaturated/α-hetero) is 1. The molecule has 5 nitrogen and oxygen atoms in total. The number of carbonyl (C=O) groups excluding carboxylic acids is 1. The molecule has 4 rings (SSSR count). The number of hydrogen-bond donors (Lipinski definition) is 1. The number of aromatic nitrogens is 1. The second-order valence-electron chi connectivity index (χ2n) is 6.01. The van der Waals surface area contributed by atoms with Crippen molar-refractivity contribution in [1.29, 1.82) is 0 Å². The molecule has 0 spiro atoms. The Labute approximate surface area is 134 Å². The molecule has 0 saturated heterocycles. The van der Waals surface area contributed by atoms with E-state index in [0.29, 0.717) is 12.3 Å². The Morgan fingerprint density at radius 2 is 2.04 bits per heavy atom. The van der Waals surface area contributed by atoms with E-state index in [1.807, 2.05) is 31.2 Å². The van der Waals surface area contributed by atoms with Crippen molar-refractivity contribution in [2.45, 2.75) is 32.1 Å². The summed E-state index contributed by atoms with van der Waals surface area (Å²) < 4.78 is 10.7. The zero-order chi connectivity index (χ0) is 16.0. The fraction of sp³-hybridized carbons (Fsp3) is 0.333. The predicted molar refractivity (Wildman–Crippen MR) is 85.6 cm³/mol. The first-order valence-corrected chi connectivity index (χ1v) is 7.82. The smallest absolute Gasteiger partial charge is 0.233 e. The van der Waals surface area contributed by atoms with Crippen LogP contribution in [0.2, 0.25) is 0 Å². The van der Waals surface area contributed by atoms with Gasteiger partial charge in [0.25, 0.3) is 0 Å². The van der Waals surface area contributed by atoms with Crippen LogP contribution in [0.5, 0.6) is 5.75 Å². The number of allylic oxidation sites excluding steroid dienone is 2. The summed E-state index contributed by atoms with van der Waals surface area (Å²) >= 11 is 0. The van der Waals surface area contributed by atoms with E-state index in [2.05, 4.69) is 10.5 Å². The van der Waals surface area contributed by atoms with Gasteiger partial charge in [-0.25, -0.2) is 0 Å². The third-order valence-electron chi connectivity index (χ3n) is 4.66. The van der Waals surface area contributed by atoms with Crippen LogP contribution in [0.15, 0.2) is 40.1 Å². The maximum absolute atomic E-state index is 12.6. The Bertz CT molecular complexity index is 802. The van der Waals surface area contributed by atoms with Gasteiger partial charge in [-0.2, -0.15) is 0 Å². The van der Waals surface area contributed by atoms with Crippen LogP contribution in [-0.4, -0.2) is 18.0 Å². The molecule has 1 aromatic carbocycles. The number of nitrogens with one attached hydrogen (secondary N) is 1. The second-order valence-corrected chi connectivity index (χ2v) is 6.01. The molecule has 0 fully saturated rings. The number of hydrogen-bond acceptors (Lipinski definition) is 5. The highest BCUT2D eigenvalue weighted by Crippen LogP contribution is 2.46. The average Bonchev–Trinajstić information content (AvgIpc) is 2.94. The first-order chi connectivity index (χ1) is 11.2. The number of aryl methyl sites for hydroxylation is 1. The SMILES string of the molecule is COc1ccc([C@@H]2C3=C(CCCC3=O)Nc3onc(C)c32)cc1. The fourth-order valence-electron chi connectivity index (χ4n) is 3.55. The third-order valence-corrected chi connectivity index (χ3v) is 4.66. The highest BCUT2D eigenvalue weighted by atomic mass is 16.5. The van der Waals surface area contributed by atoms with Gasteiger partial charge in [-0.05, 0) is 37.5 Å². The molecule has 0 saturated carbocycles. The number of anilines is 1. The van der Waals surface area contributed by atoms with Crippen molar-refractivity contribution in [3.8, 4) is 5.75 Å². The molecule has 0 amide bonds. The molecule has 1 aliphatic carbocycles. The summed E-state index contributed by atoms with van der Waals surface area (Å²) in [6, 6.07) is 7.87. The van der Waals surface area contributed by atoms with E-state index in [-0.39, 0.29) is 11.7 Å². The van der Waals surface area contributed by atoms with Gasteiger partial charge in [0.15, 0.2) is 5.78 Å². The van der Waals surface area contributed by atoms with Crippen molar-refractivity contribution in [3.05, 3.63) is 52.4 Å². The van der Waals surface area contributed by atoms with Crippen LogP contribution in [0.1, 0.15) is 42.0 Å². The van der Waals surface area contributed by atoms with Crippen LogP contribution in [0.4, 0.5) is 5.88 Å². The molecule has 2 aliphatic rings. The first-order valence-electron chi connectivity index (χ1n) is 7.82. The molecule has 1 atom stereocenters. The molecular weight excluding hydrogens is 292 g/mol. The minimum absolute atomic E-state index is 0.119. The van der Waals surface area contributed by atoms with Crippen LogP contribution in [0, 0.1) is 6.92 Å². The number of rotatable bonds is 2. The van der Waals surface area contributed by atoms with Crippen molar-refractivity contribution >= 4 is 11.7 Å². The Morgan fingerprint density at radius 1 is 1.26 bits per heavy atom. The summed E-state index contributed by atoms with van der Waals surface area (Å²) in [4.78, 5) is 12.6. The summed E-state index contributed by atoms with van der Waals surface area (Å²) in [5, 5.41) is 7.37. The molecule has 2 aromatic rings. The Hall–Kier alpha value is -2.56. The number of carbonyl (C=O) groups is 1. The molecule has 118 valence electrons. The highest BCUT2D eigenvalue weighted by Gasteiger charge is 2.38. The zero-order valence-corrected chi connectivity index (χ0v) is 13.2. The van der Waals surface area contributed by atoms with Gasteiger partial charge in [-0.3, -0.25) is 4.79 Å². The summed E-state index contributed by atoms with van der Waals surface area (Å²) in [6.07, 6.45) is 2.35. The second kappa shape index (κ2) is 5.26. The lowest BCUT2D eigenvalue weighted by Crippen LogP contribution is -2.26. The Morgan fingerprint density at radius 3 is 2.78 bits per heavy atom. The third kappa shape index (κ3) is 2.15. The Kier molecular flexibility index (Phi) is 3.22. The van der Waals surface area contributed by atoms with E-state index in [0.717, 1.165) is 46.7 Å². The van der Waals surface area contributed by atoms with Crippen molar-refractivity contribution in [2.24, 2.45) is 0 Å². The molecule has 1 aliphatic heterocycles. The maximum atomic E-state index is 12.6. The zero-order valence-electron chi connectivity index (χ0n) is 13.2. The van der Waals surface area contributed by atoms with E-state index in [4.69, 9.17) is 9.26 Å². The number of ether oxygens (including phenoxy) is 1. The molecule has 2 heterocycles. The maximum Gasteiger partial charge on any atom is 0.233 e. The van der Waals surface area contributed by atoms with Gasteiger partial charge in [0.05, 0.1) is 18.4 Å². The number of methoxy groups -OCH3 is 1. The molecular formula is C18H18N2O3. The summed E-state index contributed by atoms with van der Waals surface area (Å²) in [5.74, 6) is 1.56. The van der Waals surface area contributed by atoms with Gasteiger partial charge in [0.1, 0.15) is 5.75 Å². The van der Waals surface area contributed by atoms with Crippen LogP contribution >= 0.6 is 0 Å². The van der Waals surface area contributed by atoms with E-state index < -0.39 is 0 Å². The largest absolute Gasteiger partial charge is 0.497 e. The summed E-state index contributed by atoms with van der Waals surface area (Å²) in [6.45, 7) is 1.92. The van der Waals surface area contributed by atoms with Gasteiger partial charge in [-0.15, -0.1) is 0 Å². The number of benzene rings is 1. The van der Waals surface area contributed by atoms with Gasteiger partial charge in [-0.1, -0.05) is 17.3 Å². The van der Waals surface area contributed by atoms with Crippen LogP contribution < -0.4 is 10.1 Å². The topological polar surface area (TPSA) is 64.4 Å². The van der Waals surface area contributed by atoms with Crippen molar-refractivity contribution in [3.63, 3.8) is 0 Å². The van der Waals surface area contributed by atoms with E-state index in [1.165, 1.54) is 0 Å². The number of fused-ring (bicyclic) bond motifs is 1. The quantitative estimate of drug-likeness (QED) is 0.919. The van der Waals surface area contributed by atoms with Crippen LogP contribution in [-0.2, 0) is 4.79 Å². The molecule has 1 aromatic heterocycles. The molecule has 23 heavy (non-hydrogen) atoms. The van der Waals surface area contributed by atoms with Gasteiger partial charge in [0.2, 0.25) is 5.88 Å². The van der Waals surface area contributed by atoms with Gasteiger partial charge in [0, 0.05) is 23.6 Å². The molecule has 0 unspecified atom stereocenters. The number of ketones is 1. The molecule has 1 N–H and O–H groups in total. The van der Waals surface area contributed by atoms with E-state index in [9.17, 15) is 4.79 Å². The first kappa shape index (κ1) is 14.1. The predicted octanol–water partition coefficient (Wildman–Crippen LogP) is 3.56. The summed E-state index contributed by atoms with van der Waals surface area (Å²) in [5.41, 5.74) is 4.68. The van der Waals surface area contributed by atoms with E-state index in [1.54, 1.807) is 7.11 Å². The standard InChI is InChI=1S/C18H18N2O3/c1-10-15-16(11-6-8-12(22-2)9-7-11)17-13(4-3-5-14(17)21)19-18(15)23-20-10/h6-9,16,19H,3-5H2,1-2H3/t16-/m0/s1. The average molecular weight is 310 g/mol. The monoisotopic (exact) mass is 310 g/mol. The molecule has 0 radical (unpaired) electrons. The van der Waals surface area contributed by atoms with Gasteiger partial charge >= 0.3 is 0 Å². The van der Waals surface area contributed by atoms with Gasteiger partial charge < -0.3 is 14.6 Å². The molecule has 5 heteroatoms. The summed E-state index contributed by atoms with van der Waals surface area (Å²) in [7, 11) is 1.65. The fourth-order valence-corrected chi connectivity index (χ4v) is 3.55. The van der Waals surface area contributed by atoms with Crippen molar-refractivity contribution in [2.75, 3.05) is 12.4 Å². The highest BCUT2D eigenvalue weighted by molar-refractivity contribution is 6.00. The van der Waals surface area contributed by atoms with Crippen LogP contribution in [0.25, 0.3) is 0 Å². The van der Waals surface area contributed by atoms with E-state index >= 15 is 0 Å². The molecule has 0 bridgehead atoms. The van der Waals surface area contributed by atoms with Crippen molar-refractivity contribution < 1.29 is 14.1 Å². The lowest BCUT2D eigenvalue weighted by molar-refractivity contribution is -0.116. The minimum atomic E-state index is -0.119. The Balaban J connectivity index is 1.90. The number of nitrogens with zero attached hydrogens (tertiary/aromatic N) is 1. The lowest BCUT2D eigenvalue weighted by atomic mass is 9.76. The van der Waals surface area contributed by atoms with Crippen LogP contribution in [0.3, 0.4) is 0 Å².